The van der Waals surface area contributed by atoms with Crippen molar-refractivity contribution in [2.24, 2.45) is 0 Å². The van der Waals surface area contributed by atoms with Gasteiger partial charge in [0.15, 0.2) is 2.74 Å². The highest BCUT2D eigenvalue weighted by Gasteiger charge is 2.31. The molecule has 1 rings (SSSR count). The number of thioether (sulfide) groups is 4. The zero-order chi connectivity index (χ0) is 7.45. The zero-order valence-electron chi connectivity index (χ0n) is 6.25. The van der Waals surface area contributed by atoms with Gasteiger partial charge >= 0.3 is 0 Å². The molecule has 0 radical (unpaired) electrons. The molecule has 0 unspecified atom stereocenters. The summed E-state index contributed by atoms with van der Waals surface area (Å²) in [6.45, 7) is 0. The molecule has 4 heteroatoms. The van der Waals surface area contributed by atoms with Gasteiger partial charge in [-0.15, -0.1) is 47.0 Å². The summed E-state index contributed by atoms with van der Waals surface area (Å²) in [5.41, 5.74) is 0. The van der Waals surface area contributed by atoms with Crippen LogP contribution in [0.5, 0.6) is 0 Å². The largest absolute Gasteiger partial charge is 0.153 e. The van der Waals surface area contributed by atoms with Crippen LogP contribution in [0.4, 0.5) is 0 Å². The Morgan fingerprint density at radius 3 is 1.90 bits per heavy atom. The third kappa shape index (κ3) is 2.19. The summed E-state index contributed by atoms with van der Waals surface area (Å²) in [4.78, 5) is 0. The van der Waals surface area contributed by atoms with Crippen LogP contribution in [0.25, 0.3) is 0 Å². The highest BCUT2D eigenvalue weighted by atomic mass is 32.3. The molecule has 10 heavy (non-hydrogen) atoms. The lowest BCUT2D eigenvalue weighted by atomic mass is 10.6. The molecule has 60 valence electrons. The molecule has 1 heterocycles. The van der Waals surface area contributed by atoms with E-state index in [1.54, 1.807) is 0 Å². The summed E-state index contributed by atoms with van der Waals surface area (Å²) in [5.74, 6) is 2.68. The molecule has 0 aromatic carbocycles. The molecule has 0 amide bonds. The van der Waals surface area contributed by atoms with E-state index in [0.717, 1.165) is 0 Å². The predicted molar refractivity (Wildman–Crippen MR) is 59.3 cm³/mol. The third-order valence-electron chi connectivity index (χ3n) is 1.35. The van der Waals surface area contributed by atoms with Gasteiger partial charge in [0.2, 0.25) is 0 Å². The van der Waals surface area contributed by atoms with Gasteiger partial charge in [-0.25, -0.2) is 0 Å². The van der Waals surface area contributed by atoms with Gasteiger partial charge in [-0.3, -0.25) is 0 Å². The molecule has 1 aliphatic rings. The predicted octanol–water partition coefficient (Wildman–Crippen LogP) is 3.19. The van der Waals surface area contributed by atoms with Gasteiger partial charge in [0.1, 0.15) is 0 Å². The maximum Gasteiger partial charge on any atom is 0.153 e. The van der Waals surface area contributed by atoms with E-state index in [0.29, 0.717) is 2.74 Å². The fourth-order valence-electron chi connectivity index (χ4n) is 0.814. The SMILES string of the molecule is CSC1(SC)SCCCS1. The smallest absolute Gasteiger partial charge is 0.126 e. The Morgan fingerprint density at radius 1 is 1.10 bits per heavy atom. The van der Waals surface area contributed by atoms with Gasteiger partial charge in [-0.1, -0.05) is 0 Å². The van der Waals surface area contributed by atoms with Gasteiger partial charge in [-0.05, 0) is 30.4 Å². The van der Waals surface area contributed by atoms with Crippen molar-refractivity contribution in [1.82, 2.24) is 0 Å². The van der Waals surface area contributed by atoms with Crippen molar-refractivity contribution in [3.63, 3.8) is 0 Å². The topological polar surface area (TPSA) is 0 Å². The summed E-state index contributed by atoms with van der Waals surface area (Å²) < 4.78 is 0.429. The molecule has 1 fully saturated rings. The van der Waals surface area contributed by atoms with E-state index in [2.05, 4.69) is 36.0 Å². The van der Waals surface area contributed by atoms with Crippen LogP contribution in [0.15, 0.2) is 0 Å². The van der Waals surface area contributed by atoms with Gasteiger partial charge < -0.3 is 0 Å². The van der Waals surface area contributed by atoms with Crippen molar-refractivity contribution in [3.8, 4) is 0 Å². The second-order valence-corrected chi connectivity index (χ2v) is 8.17. The van der Waals surface area contributed by atoms with Crippen molar-refractivity contribution in [1.29, 1.82) is 0 Å². The third-order valence-corrected chi connectivity index (χ3v) is 9.16. The van der Waals surface area contributed by atoms with Crippen LogP contribution in [-0.4, -0.2) is 26.8 Å². The second kappa shape index (κ2) is 4.43. The Kier molecular flexibility index (Phi) is 4.20. The van der Waals surface area contributed by atoms with E-state index in [-0.39, 0.29) is 0 Å². The van der Waals surface area contributed by atoms with Crippen molar-refractivity contribution in [2.75, 3.05) is 24.0 Å². The summed E-state index contributed by atoms with van der Waals surface area (Å²) in [7, 11) is 0. The van der Waals surface area contributed by atoms with E-state index in [1.807, 2.05) is 23.5 Å². The van der Waals surface area contributed by atoms with Crippen molar-refractivity contribution in [3.05, 3.63) is 0 Å². The monoisotopic (exact) mass is 212 g/mol. The molecule has 0 aromatic heterocycles. The first kappa shape index (κ1) is 9.49. The quantitative estimate of drug-likeness (QED) is 0.644. The fourth-order valence-corrected chi connectivity index (χ4v) is 6.46. The van der Waals surface area contributed by atoms with Crippen LogP contribution in [0, 0.1) is 0 Å². The van der Waals surface area contributed by atoms with Crippen molar-refractivity contribution < 1.29 is 0 Å². The first-order valence-corrected chi connectivity index (χ1v) is 7.63. The standard InChI is InChI=1S/C6H12S4/c1-7-6(8-2)9-4-3-5-10-6/h3-5H2,1-2H3. The van der Waals surface area contributed by atoms with Crippen molar-refractivity contribution >= 4 is 47.0 Å². The summed E-state index contributed by atoms with van der Waals surface area (Å²) in [6, 6.07) is 0. The molecule has 0 nitrogen and oxygen atoms in total. The molecule has 0 N–H and O–H groups in total. The molecule has 1 saturated heterocycles. The molecule has 0 aromatic rings. The summed E-state index contributed by atoms with van der Waals surface area (Å²) in [5, 5.41) is 0. The van der Waals surface area contributed by atoms with E-state index < -0.39 is 0 Å². The first-order chi connectivity index (χ1) is 4.83. The van der Waals surface area contributed by atoms with Gasteiger partial charge in [0.05, 0.1) is 0 Å². The maximum absolute atomic E-state index is 2.21. The molecule has 0 spiro atoms. The van der Waals surface area contributed by atoms with Crippen LogP contribution in [-0.2, 0) is 0 Å². The number of hydrogen-bond acceptors (Lipinski definition) is 4. The van der Waals surface area contributed by atoms with Gasteiger partial charge in [-0.2, -0.15) is 0 Å². The number of rotatable bonds is 2. The molecular formula is C6H12S4. The Morgan fingerprint density at radius 2 is 1.60 bits per heavy atom. The average Bonchev–Trinajstić information content (AvgIpc) is 2.06. The summed E-state index contributed by atoms with van der Waals surface area (Å²) >= 11 is 8.16. The van der Waals surface area contributed by atoms with Crippen LogP contribution in [0.2, 0.25) is 0 Å². The molecule has 1 aliphatic heterocycles. The lowest BCUT2D eigenvalue weighted by molar-refractivity contribution is 1.11. The Balaban J connectivity index is 2.44. The molecule has 0 atom stereocenters. The first-order valence-electron chi connectivity index (χ1n) is 3.21. The van der Waals surface area contributed by atoms with E-state index in [1.165, 1.54) is 17.9 Å². The van der Waals surface area contributed by atoms with Crippen molar-refractivity contribution in [2.45, 2.75) is 9.16 Å². The van der Waals surface area contributed by atoms with Gasteiger partial charge in [0.25, 0.3) is 0 Å². The lowest BCUT2D eigenvalue weighted by Gasteiger charge is -2.32. The van der Waals surface area contributed by atoms with E-state index >= 15 is 0 Å². The Hall–Kier alpha value is 1.40. The Bertz CT molecular complexity index is 91.9. The zero-order valence-corrected chi connectivity index (χ0v) is 9.52. The molecule has 0 saturated carbocycles. The molecule has 0 bridgehead atoms. The lowest BCUT2D eigenvalue weighted by Crippen LogP contribution is -2.15. The van der Waals surface area contributed by atoms with Crippen LogP contribution in [0.3, 0.4) is 0 Å². The Labute approximate surface area is 80.1 Å². The minimum absolute atomic E-state index is 0.429. The minimum Gasteiger partial charge on any atom is -0.126 e. The van der Waals surface area contributed by atoms with Crippen LogP contribution in [0.1, 0.15) is 6.42 Å². The average molecular weight is 212 g/mol. The highest BCUT2D eigenvalue weighted by molar-refractivity contribution is 8.47. The van der Waals surface area contributed by atoms with Gasteiger partial charge in [0, 0.05) is 0 Å². The molecule has 0 aliphatic carbocycles. The highest BCUT2D eigenvalue weighted by Crippen LogP contribution is 2.55. The van der Waals surface area contributed by atoms with E-state index in [4.69, 9.17) is 0 Å². The minimum atomic E-state index is 0.429. The fraction of sp³-hybridized carbons (Fsp3) is 1.00. The number of hydrogen-bond donors (Lipinski definition) is 0. The molecular weight excluding hydrogens is 200 g/mol. The normalized spacial score (nSPS) is 24.6. The van der Waals surface area contributed by atoms with E-state index in [9.17, 15) is 0 Å². The van der Waals surface area contributed by atoms with Crippen LogP contribution < -0.4 is 0 Å². The summed E-state index contributed by atoms with van der Waals surface area (Å²) in [6.07, 6.45) is 5.81. The van der Waals surface area contributed by atoms with Crippen LogP contribution >= 0.6 is 47.0 Å². The second-order valence-electron chi connectivity index (χ2n) is 1.96. The maximum atomic E-state index is 2.21.